The monoisotopic (exact) mass is 383 g/mol. The quantitative estimate of drug-likeness (QED) is 0.495. The van der Waals surface area contributed by atoms with Crippen molar-refractivity contribution in [2.24, 2.45) is 0 Å². The Bertz CT molecular complexity index is 477. The summed E-state index contributed by atoms with van der Waals surface area (Å²) in [7, 11) is 0. The van der Waals surface area contributed by atoms with Crippen molar-refractivity contribution in [3.05, 3.63) is 21.0 Å². The molecule has 1 aromatic rings. The van der Waals surface area contributed by atoms with Crippen LogP contribution in [0.4, 0.5) is 22.0 Å². The van der Waals surface area contributed by atoms with E-state index in [4.69, 9.17) is 5.11 Å². The molecule has 0 aliphatic heterocycles. The van der Waals surface area contributed by atoms with Gasteiger partial charge in [0.05, 0.1) is 5.56 Å². The maximum atomic E-state index is 12.6. The van der Waals surface area contributed by atoms with E-state index in [0.717, 1.165) is 0 Å². The van der Waals surface area contributed by atoms with E-state index in [1.807, 2.05) is 0 Å². The van der Waals surface area contributed by atoms with Crippen LogP contribution in [0.25, 0.3) is 0 Å². The second-order valence-electron chi connectivity index (χ2n) is 2.87. The summed E-state index contributed by atoms with van der Waals surface area (Å²) in [6, 6.07) is 0.343. The van der Waals surface area contributed by atoms with Crippen molar-refractivity contribution in [1.29, 1.82) is 0 Å². The van der Waals surface area contributed by atoms with Crippen LogP contribution in [0.1, 0.15) is 22.5 Å². The number of hydrogen-bond acceptors (Lipinski definition) is 3. The number of aromatic nitrogens is 1. The van der Waals surface area contributed by atoms with Crippen LogP contribution in [0.5, 0.6) is 5.75 Å². The third-order valence-electron chi connectivity index (χ3n) is 1.63. The average Bonchev–Trinajstić information content (AvgIpc) is 2.18. The second kappa shape index (κ2) is 5.20. The lowest BCUT2D eigenvalue weighted by Crippen LogP contribution is -2.20. The largest absolute Gasteiger partial charge is 0.573 e. The third-order valence-corrected chi connectivity index (χ3v) is 2.36. The highest BCUT2D eigenvalue weighted by molar-refractivity contribution is 14.1. The molecule has 10 heteroatoms. The Morgan fingerprint density at radius 1 is 1.44 bits per heavy atom. The summed E-state index contributed by atoms with van der Waals surface area (Å²) in [4.78, 5) is 13.8. The van der Waals surface area contributed by atoms with E-state index >= 15 is 0 Å². The summed E-state index contributed by atoms with van der Waals surface area (Å²) in [5.74, 6) is -2.82. The fourth-order valence-corrected chi connectivity index (χ4v) is 1.69. The van der Waals surface area contributed by atoms with E-state index in [1.54, 1.807) is 0 Å². The molecule has 0 aliphatic rings. The summed E-state index contributed by atoms with van der Waals surface area (Å²) in [6.07, 6.45) is -8.49. The Labute approximate surface area is 110 Å². The minimum atomic E-state index is -5.17. The van der Waals surface area contributed by atoms with Gasteiger partial charge in [0.2, 0.25) is 0 Å². The maximum absolute atomic E-state index is 12.6. The number of nitrogens with zero attached hydrogens (tertiary/aromatic N) is 1. The maximum Gasteiger partial charge on any atom is 0.573 e. The molecule has 0 amide bonds. The Hall–Kier alpha value is -1.20. The summed E-state index contributed by atoms with van der Waals surface area (Å²) in [6.45, 7) is 0. The highest BCUT2D eigenvalue weighted by atomic mass is 127. The number of carbonyl (C=O) groups is 1. The third kappa shape index (κ3) is 3.65. The first-order valence-corrected chi connectivity index (χ1v) is 5.17. The van der Waals surface area contributed by atoms with Crippen LogP contribution in [0.15, 0.2) is 6.07 Å². The number of pyridine rings is 1. The van der Waals surface area contributed by atoms with Crippen LogP contribution in [0.2, 0.25) is 0 Å². The number of carboxylic acid groups (broad SMARTS) is 1. The molecule has 0 unspecified atom stereocenters. The zero-order valence-electron chi connectivity index (χ0n) is 8.13. The molecule has 0 bridgehead atoms. The first kappa shape index (κ1) is 14.9. The van der Waals surface area contributed by atoms with Crippen molar-refractivity contribution >= 4 is 28.6 Å². The lowest BCUT2D eigenvalue weighted by atomic mass is 10.2. The zero-order valence-corrected chi connectivity index (χ0v) is 10.3. The van der Waals surface area contributed by atoms with E-state index in [9.17, 15) is 26.7 Å². The van der Waals surface area contributed by atoms with Gasteiger partial charge in [0.25, 0.3) is 6.43 Å². The van der Waals surface area contributed by atoms with Gasteiger partial charge in [-0.05, 0) is 28.7 Å². The van der Waals surface area contributed by atoms with E-state index in [1.165, 1.54) is 22.6 Å². The molecular weight excluding hydrogens is 380 g/mol. The van der Waals surface area contributed by atoms with Crippen molar-refractivity contribution in [1.82, 2.24) is 4.98 Å². The lowest BCUT2D eigenvalue weighted by molar-refractivity contribution is -0.275. The van der Waals surface area contributed by atoms with Gasteiger partial charge in [-0.15, -0.1) is 13.2 Å². The average molecular weight is 383 g/mol. The Balaban J connectivity index is 3.36. The summed E-state index contributed by atoms with van der Waals surface area (Å²) in [5.41, 5.74) is -1.96. The molecule has 1 heterocycles. The fraction of sp³-hybridized carbons (Fsp3) is 0.250. The van der Waals surface area contributed by atoms with Crippen LogP contribution < -0.4 is 4.74 Å². The van der Waals surface area contributed by atoms with Gasteiger partial charge in [0.1, 0.15) is 9.39 Å². The summed E-state index contributed by atoms with van der Waals surface area (Å²) in [5, 5.41) is 8.57. The van der Waals surface area contributed by atoms with Gasteiger partial charge in [0.15, 0.2) is 5.75 Å². The van der Waals surface area contributed by atoms with Crippen molar-refractivity contribution in [2.45, 2.75) is 12.8 Å². The van der Waals surface area contributed by atoms with E-state index in [0.29, 0.717) is 6.07 Å². The normalized spacial score (nSPS) is 11.7. The SMILES string of the molecule is O=C(O)c1cc(C(F)F)c(OC(F)(F)F)c(I)n1. The Morgan fingerprint density at radius 3 is 2.39 bits per heavy atom. The molecule has 0 aliphatic carbocycles. The molecule has 1 aromatic heterocycles. The highest BCUT2D eigenvalue weighted by Gasteiger charge is 2.35. The fourth-order valence-electron chi connectivity index (χ4n) is 1.01. The van der Waals surface area contributed by atoms with Gasteiger partial charge in [-0.2, -0.15) is 0 Å². The molecule has 0 aromatic carbocycles. The van der Waals surface area contributed by atoms with Gasteiger partial charge in [-0.1, -0.05) is 0 Å². The second-order valence-corrected chi connectivity index (χ2v) is 3.89. The zero-order chi connectivity index (χ0) is 14.1. The van der Waals surface area contributed by atoms with Gasteiger partial charge >= 0.3 is 12.3 Å². The van der Waals surface area contributed by atoms with Gasteiger partial charge in [-0.3, -0.25) is 0 Å². The van der Waals surface area contributed by atoms with Crippen LogP contribution >= 0.6 is 22.6 Å². The van der Waals surface area contributed by atoms with E-state index in [2.05, 4.69) is 9.72 Å². The van der Waals surface area contributed by atoms with Crippen molar-refractivity contribution in [3.63, 3.8) is 0 Å². The van der Waals surface area contributed by atoms with Crippen LogP contribution in [-0.4, -0.2) is 22.4 Å². The Kier molecular flexibility index (Phi) is 4.29. The smallest absolute Gasteiger partial charge is 0.477 e. The summed E-state index contributed by atoms with van der Waals surface area (Å²) >= 11 is 1.19. The lowest BCUT2D eigenvalue weighted by Gasteiger charge is -2.14. The predicted molar refractivity (Wildman–Crippen MR) is 55.6 cm³/mol. The number of hydrogen-bond donors (Lipinski definition) is 1. The molecule has 0 spiro atoms. The minimum Gasteiger partial charge on any atom is -0.477 e. The molecule has 0 fully saturated rings. The first-order valence-electron chi connectivity index (χ1n) is 4.09. The topological polar surface area (TPSA) is 59.4 Å². The Morgan fingerprint density at radius 2 is 2.00 bits per heavy atom. The molecule has 1 rings (SSSR count). The van der Waals surface area contributed by atoms with Gasteiger partial charge in [0, 0.05) is 0 Å². The number of halogens is 6. The number of rotatable bonds is 3. The van der Waals surface area contributed by atoms with Crippen molar-refractivity contribution in [2.75, 3.05) is 0 Å². The summed E-state index contributed by atoms with van der Waals surface area (Å²) < 4.78 is 63.9. The standard InChI is InChI=1S/C8H3F5INO3/c9-5(10)2-1-3(7(16)17)15-6(14)4(2)18-8(11,12)13/h1,5H,(H,16,17). The molecule has 0 radical (unpaired) electrons. The molecular formula is C8H3F5INO3. The molecule has 100 valence electrons. The predicted octanol–water partition coefficient (Wildman–Crippen LogP) is 3.22. The van der Waals surface area contributed by atoms with Crippen LogP contribution in [-0.2, 0) is 0 Å². The highest BCUT2D eigenvalue weighted by Crippen LogP contribution is 2.36. The molecule has 4 nitrogen and oxygen atoms in total. The molecule has 0 saturated heterocycles. The van der Waals surface area contributed by atoms with Crippen molar-refractivity contribution < 1.29 is 36.6 Å². The van der Waals surface area contributed by atoms with Crippen LogP contribution in [0, 0.1) is 3.70 Å². The minimum absolute atomic E-state index is 0.343. The molecule has 0 saturated carbocycles. The van der Waals surface area contributed by atoms with E-state index in [-0.39, 0.29) is 0 Å². The molecule has 0 atom stereocenters. The van der Waals surface area contributed by atoms with Gasteiger partial charge < -0.3 is 9.84 Å². The van der Waals surface area contributed by atoms with Crippen molar-refractivity contribution in [3.8, 4) is 5.75 Å². The van der Waals surface area contributed by atoms with Gasteiger partial charge in [-0.25, -0.2) is 18.6 Å². The first-order chi connectivity index (χ1) is 8.11. The number of alkyl halides is 5. The van der Waals surface area contributed by atoms with Crippen LogP contribution in [0.3, 0.4) is 0 Å². The number of carboxylic acids is 1. The number of ether oxygens (including phenoxy) is 1. The van der Waals surface area contributed by atoms with E-state index < -0.39 is 39.5 Å². The number of aromatic carboxylic acids is 1. The molecule has 18 heavy (non-hydrogen) atoms. The molecule has 1 N–H and O–H groups in total.